The third-order valence-corrected chi connectivity index (χ3v) is 5.40. The Bertz CT molecular complexity index is 460. The van der Waals surface area contributed by atoms with E-state index in [4.69, 9.17) is 0 Å². The lowest BCUT2D eigenvalue weighted by molar-refractivity contribution is 0.0532. The van der Waals surface area contributed by atoms with Gasteiger partial charge in [0.15, 0.2) is 0 Å². The number of nitrogens with one attached hydrogen (secondary N) is 1. The van der Waals surface area contributed by atoms with Crippen molar-refractivity contribution >= 4 is 0 Å². The number of likely N-dealkylation sites (tertiary alicyclic amines) is 1. The second-order valence-electron chi connectivity index (χ2n) is 6.61. The Morgan fingerprint density at radius 3 is 2.76 bits per heavy atom. The van der Waals surface area contributed by atoms with Crippen LogP contribution in [0.5, 0.6) is 0 Å². The van der Waals surface area contributed by atoms with Gasteiger partial charge < -0.3 is 5.32 Å². The molecule has 0 amide bonds. The third kappa shape index (κ3) is 3.29. The summed E-state index contributed by atoms with van der Waals surface area (Å²) in [7, 11) is 1.94. The minimum Gasteiger partial charge on any atom is -0.312 e. The van der Waals surface area contributed by atoms with Crippen molar-refractivity contribution in [3.63, 3.8) is 0 Å². The smallest absolute Gasteiger partial charge is 0.128 e. The van der Waals surface area contributed by atoms with Crippen molar-refractivity contribution in [2.75, 3.05) is 20.1 Å². The van der Waals surface area contributed by atoms with E-state index in [0.717, 1.165) is 24.1 Å². The van der Waals surface area contributed by atoms with E-state index >= 15 is 0 Å². The lowest BCUT2D eigenvalue weighted by atomic mass is 9.78. The lowest BCUT2D eigenvalue weighted by Gasteiger charge is -2.45. The fourth-order valence-corrected chi connectivity index (χ4v) is 4.29. The summed E-state index contributed by atoms with van der Waals surface area (Å²) in [4.78, 5) is 2.63. The van der Waals surface area contributed by atoms with Crippen molar-refractivity contribution in [1.82, 2.24) is 10.2 Å². The monoisotopic (exact) mass is 290 g/mol. The van der Waals surface area contributed by atoms with E-state index in [1.807, 2.05) is 19.2 Å². The number of halogens is 1. The van der Waals surface area contributed by atoms with E-state index < -0.39 is 0 Å². The van der Waals surface area contributed by atoms with E-state index in [0.29, 0.717) is 0 Å². The second kappa shape index (κ2) is 6.89. The molecular weight excluding hydrogens is 263 g/mol. The molecule has 1 saturated heterocycles. The molecule has 2 aliphatic rings. The Morgan fingerprint density at radius 1 is 1.19 bits per heavy atom. The molecule has 3 heteroatoms. The number of rotatable bonds is 4. The first-order valence-corrected chi connectivity index (χ1v) is 8.45. The molecule has 1 aliphatic carbocycles. The number of nitrogens with zero attached hydrogens (tertiary/aromatic N) is 1. The van der Waals surface area contributed by atoms with E-state index in [2.05, 4.69) is 10.2 Å². The molecule has 0 bridgehead atoms. The summed E-state index contributed by atoms with van der Waals surface area (Å²) in [6.45, 7) is 2.10. The molecule has 116 valence electrons. The molecule has 1 N–H and O–H groups in total. The Kier molecular flexibility index (Phi) is 4.91. The average molecular weight is 290 g/mol. The molecule has 1 heterocycles. The standard InChI is InChI=1S/C18H27FN2/c1-20-17(15-9-3-4-10-16(15)19)13-21-12-6-8-14-7-2-5-11-18(14)21/h3-4,9-10,14,17-18,20H,2,5-8,11-13H2,1H3. The highest BCUT2D eigenvalue weighted by atomic mass is 19.1. The molecule has 1 aliphatic heterocycles. The van der Waals surface area contributed by atoms with Gasteiger partial charge in [0.2, 0.25) is 0 Å². The van der Waals surface area contributed by atoms with Gasteiger partial charge in [0.1, 0.15) is 5.82 Å². The van der Waals surface area contributed by atoms with Gasteiger partial charge in [0, 0.05) is 24.2 Å². The zero-order valence-corrected chi connectivity index (χ0v) is 13.0. The van der Waals surface area contributed by atoms with E-state index in [-0.39, 0.29) is 11.9 Å². The molecule has 0 aromatic heterocycles. The zero-order chi connectivity index (χ0) is 14.7. The first kappa shape index (κ1) is 15.0. The van der Waals surface area contributed by atoms with Gasteiger partial charge in [-0.05, 0) is 51.3 Å². The highest BCUT2D eigenvalue weighted by Gasteiger charge is 2.34. The summed E-state index contributed by atoms with van der Waals surface area (Å²) in [6.07, 6.45) is 8.18. The van der Waals surface area contributed by atoms with Crippen molar-refractivity contribution in [2.24, 2.45) is 5.92 Å². The van der Waals surface area contributed by atoms with Gasteiger partial charge in [-0.25, -0.2) is 4.39 Å². The summed E-state index contributed by atoms with van der Waals surface area (Å²) in [5.74, 6) is 0.791. The summed E-state index contributed by atoms with van der Waals surface area (Å²) < 4.78 is 14.1. The zero-order valence-electron chi connectivity index (χ0n) is 13.0. The molecule has 0 spiro atoms. The van der Waals surface area contributed by atoms with Gasteiger partial charge in [0.25, 0.3) is 0 Å². The van der Waals surface area contributed by atoms with Crippen LogP contribution < -0.4 is 5.32 Å². The van der Waals surface area contributed by atoms with Crippen molar-refractivity contribution in [3.05, 3.63) is 35.6 Å². The number of hydrogen-bond donors (Lipinski definition) is 1. The number of likely N-dealkylation sites (N-methyl/N-ethyl adjacent to an activating group) is 1. The third-order valence-electron chi connectivity index (χ3n) is 5.40. The normalized spacial score (nSPS) is 28.1. The van der Waals surface area contributed by atoms with Crippen LogP contribution in [-0.2, 0) is 0 Å². The summed E-state index contributed by atoms with van der Waals surface area (Å²) in [5.41, 5.74) is 0.804. The van der Waals surface area contributed by atoms with E-state index in [9.17, 15) is 4.39 Å². The van der Waals surface area contributed by atoms with Crippen LogP contribution in [0.4, 0.5) is 4.39 Å². The number of piperidine rings is 1. The molecule has 1 aromatic carbocycles. The SMILES string of the molecule is CNC(CN1CCCC2CCCCC21)c1ccccc1F. The largest absolute Gasteiger partial charge is 0.312 e. The molecule has 3 atom stereocenters. The minimum atomic E-state index is -0.0888. The van der Waals surface area contributed by atoms with Gasteiger partial charge >= 0.3 is 0 Å². The quantitative estimate of drug-likeness (QED) is 0.908. The molecule has 21 heavy (non-hydrogen) atoms. The molecule has 1 aromatic rings. The lowest BCUT2D eigenvalue weighted by Crippen LogP contribution is -2.49. The average Bonchev–Trinajstić information content (AvgIpc) is 2.53. The van der Waals surface area contributed by atoms with Crippen molar-refractivity contribution in [1.29, 1.82) is 0 Å². The number of benzene rings is 1. The van der Waals surface area contributed by atoms with Gasteiger partial charge in [-0.1, -0.05) is 31.0 Å². The van der Waals surface area contributed by atoms with Crippen LogP contribution in [0, 0.1) is 11.7 Å². The highest BCUT2D eigenvalue weighted by molar-refractivity contribution is 5.21. The van der Waals surface area contributed by atoms with Crippen LogP contribution in [0.25, 0.3) is 0 Å². The predicted molar refractivity (Wildman–Crippen MR) is 84.8 cm³/mol. The first-order valence-electron chi connectivity index (χ1n) is 8.45. The fraction of sp³-hybridized carbons (Fsp3) is 0.667. The highest BCUT2D eigenvalue weighted by Crippen LogP contribution is 2.36. The summed E-state index contributed by atoms with van der Waals surface area (Å²) in [6, 6.07) is 8.01. The van der Waals surface area contributed by atoms with Crippen molar-refractivity contribution in [3.8, 4) is 0 Å². The van der Waals surface area contributed by atoms with Crippen LogP contribution in [0.15, 0.2) is 24.3 Å². The van der Waals surface area contributed by atoms with Gasteiger partial charge in [-0.3, -0.25) is 4.90 Å². The van der Waals surface area contributed by atoms with Crippen LogP contribution >= 0.6 is 0 Å². The molecule has 3 unspecified atom stereocenters. The summed E-state index contributed by atoms with van der Waals surface area (Å²) >= 11 is 0. The molecule has 0 radical (unpaired) electrons. The Labute approximate surface area is 127 Å². The number of hydrogen-bond acceptors (Lipinski definition) is 2. The van der Waals surface area contributed by atoms with Gasteiger partial charge in [0.05, 0.1) is 0 Å². The van der Waals surface area contributed by atoms with Crippen LogP contribution in [0.2, 0.25) is 0 Å². The maximum absolute atomic E-state index is 14.1. The molecule has 2 fully saturated rings. The Balaban J connectivity index is 1.72. The molecular formula is C18H27FN2. The maximum atomic E-state index is 14.1. The maximum Gasteiger partial charge on any atom is 0.128 e. The van der Waals surface area contributed by atoms with Crippen LogP contribution in [0.3, 0.4) is 0 Å². The van der Waals surface area contributed by atoms with Crippen LogP contribution in [-0.4, -0.2) is 31.1 Å². The first-order chi connectivity index (χ1) is 10.3. The fourth-order valence-electron chi connectivity index (χ4n) is 4.29. The van der Waals surface area contributed by atoms with Gasteiger partial charge in [-0.15, -0.1) is 0 Å². The Hall–Kier alpha value is -0.930. The molecule has 3 rings (SSSR count). The molecule has 1 saturated carbocycles. The number of fused-ring (bicyclic) bond motifs is 1. The minimum absolute atomic E-state index is 0.0888. The molecule has 2 nitrogen and oxygen atoms in total. The predicted octanol–water partition coefficient (Wildman–Crippen LogP) is 3.74. The van der Waals surface area contributed by atoms with Crippen LogP contribution in [0.1, 0.15) is 50.1 Å². The van der Waals surface area contributed by atoms with E-state index in [1.54, 1.807) is 12.1 Å². The Morgan fingerprint density at radius 2 is 1.95 bits per heavy atom. The summed E-state index contributed by atoms with van der Waals surface area (Å²) in [5, 5.41) is 3.32. The second-order valence-corrected chi connectivity index (χ2v) is 6.61. The van der Waals surface area contributed by atoms with Crippen molar-refractivity contribution < 1.29 is 4.39 Å². The topological polar surface area (TPSA) is 15.3 Å². The van der Waals surface area contributed by atoms with Crippen molar-refractivity contribution in [2.45, 2.75) is 50.6 Å². The van der Waals surface area contributed by atoms with E-state index in [1.165, 1.54) is 45.1 Å². The van der Waals surface area contributed by atoms with Gasteiger partial charge in [-0.2, -0.15) is 0 Å².